The van der Waals surface area contributed by atoms with Crippen molar-refractivity contribution in [1.82, 2.24) is 9.88 Å². The summed E-state index contributed by atoms with van der Waals surface area (Å²) < 4.78 is 13.1. The minimum Gasteiger partial charge on any atom is -0.346 e. The fourth-order valence-electron chi connectivity index (χ4n) is 4.02. The normalized spacial score (nSPS) is 14.6. The van der Waals surface area contributed by atoms with Crippen LogP contribution >= 0.6 is 11.3 Å². The van der Waals surface area contributed by atoms with E-state index in [9.17, 15) is 9.18 Å². The van der Waals surface area contributed by atoms with Crippen molar-refractivity contribution in [2.75, 3.05) is 42.9 Å². The van der Waals surface area contributed by atoms with Crippen LogP contribution in [-0.2, 0) is 4.79 Å². The summed E-state index contributed by atoms with van der Waals surface area (Å²) in [7, 11) is 0. The Hall–Kier alpha value is -2.77. The van der Waals surface area contributed by atoms with Gasteiger partial charge in [-0.2, -0.15) is 0 Å². The molecule has 31 heavy (non-hydrogen) atoms. The molecule has 1 N–H and O–H groups in total. The topological polar surface area (TPSA) is 48.5 Å². The van der Waals surface area contributed by atoms with E-state index in [4.69, 9.17) is 4.98 Å². The minimum absolute atomic E-state index is 0.0244. The molecule has 5 nitrogen and oxygen atoms in total. The van der Waals surface area contributed by atoms with Gasteiger partial charge in [0.2, 0.25) is 5.91 Å². The highest BCUT2D eigenvalue weighted by Gasteiger charge is 2.21. The number of rotatable bonds is 5. The zero-order valence-electron chi connectivity index (χ0n) is 18.1. The predicted molar refractivity (Wildman–Crippen MR) is 125 cm³/mol. The molecule has 0 unspecified atom stereocenters. The number of anilines is 2. The van der Waals surface area contributed by atoms with Gasteiger partial charge in [0.05, 0.1) is 12.2 Å². The van der Waals surface area contributed by atoms with E-state index in [0.29, 0.717) is 6.54 Å². The largest absolute Gasteiger partial charge is 0.346 e. The monoisotopic (exact) mass is 438 g/mol. The maximum atomic E-state index is 13.1. The number of hydrogen-bond donors (Lipinski definition) is 1. The van der Waals surface area contributed by atoms with Crippen LogP contribution in [0.25, 0.3) is 11.3 Å². The average Bonchev–Trinajstić information content (AvgIpc) is 3.22. The highest BCUT2D eigenvalue weighted by Crippen LogP contribution is 2.28. The first-order valence-corrected chi connectivity index (χ1v) is 11.3. The van der Waals surface area contributed by atoms with E-state index in [1.54, 1.807) is 23.5 Å². The summed E-state index contributed by atoms with van der Waals surface area (Å²) in [4.78, 5) is 21.8. The molecule has 162 valence electrons. The maximum Gasteiger partial charge on any atom is 0.238 e. The van der Waals surface area contributed by atoms with Crippen molar-refractivity contribution in [2.45, 2.75) is 20.8 Å². The summed E-state index contributed by atoms with van der Waals surface area (Å²) in [6, 6.07) is 10.6. The van der Waals surface area contributed by atoms with Crippen LogP contribution in [-0.4, -0.2) is 48.5 Å². The summed E-state index contributed by atoms with van der Waals surface area (Å²) >= 11 is 1.60. The van der Waals surface area contributed by atoms with Gasteiger partial charge in [0.25, 0.3) is 0 Å². The fraction of sp³-hybridized carbons (Fsp3) is 0.333. The number of nitrogens with zero attached hydrogens (tertiary/aromatic N) is 3. The van der Waals surface area contributed by atoms with Crippen molar-refractivity contribution in [1.29, 1.82) is 0 Å². The van der Waals surface area contributed by atoms with Gasteiger partial charge in [0.15, 0.2) is 5.13 Å². The number of aromatic nitrogens is 1. The van der Waals surface area contributed by atoms with Crippen molar-refractivity contribution >= 4 is 28.1 Å². The Balaban J connectivity index is 1.31. The van der Waals surface area contributed by atoms with Crippen molar-refractivity contribution in [3.8, 4) is 11.3 Å². The molecular formula is C24H27FN4OS. The van der Waals surface area contributed by atoms with Crippen LogP contribution in [0.4, 0.5) is 15.2 Å². The van der Waals surface area contributed by atoms with E-state index in [1.165, 1.54) is 17.7 Å². The van der Waals surface area contributed by atoms with Crippen LogP contribution in [0.5, 0.6) is 0 Å². The second-order valence-electron chi connectivity index (χ2n) is 8.11. The lowest BCUT2D eigenvalue weighted by atomic mass is 10.1. The minimum atomic E-state index is -0.243. The summed E-state index contributed by atoms with van der Waals surface area (Å²) in [5.74, 6) is -0.219. The zero-order chi connectivity index (χ0) is 22.0. The van der Waals surface area contributed by atoms with Gasteiger partial charge in [-0.1, -0.05) is 17.7 Å². The molecule has 1 fully saturated rings. The number of carbonyl (C=O) groups is 1. The first-order chi connectivity index (χ1) is 14.9. The van der Waals surface area contributed by atoms with E-state index >= 15 is 0 Å². The lowest BCUT2D eigenvalue weighted by molar-refractivity contribution is -0.117. The van der Waals surface area contributed by atoms with Gasteiger partial charge >= 0.3 is 0 Å². The van der Waals surface area contributed by atoms with E-state index < -0.39 is 0 Å². The molecule has 1 saturated heterocycles. The Morgan fingerprint density at radius 3 is 2.35 bits per heavy atom. The van der Waals surface area contributed by atoms with Crippen LogP contribution in [0.1, 0.15) is 16.7 Å². The number of benzene rings is 2. The highest BCUT2D eigenvalue weighted by atomic mass is 32.1. The first-order valence-electron chi connectivity index (χ1n) is 10.5. The Labute approximate surface area is 186 Å². The van der Waals surface area contributed by atoms with E-state index in [-0.39, 0.29) is 11.7 Å². The van der Waals surface area contributed by atoms with Gasteiger partial charge in [-0.25, -0.2) is 9.37 Å². The van der Waals surface area contributed by atoms with Crippen LogP contribution in [0.2, 0.25) is 0 Å². The van der Waals surface area contributed by atoms with Crippen LogP contribution in [0.3, 0.4) is 0 Å². The summed E-state index contributed by atoms with van der Waals surface area (Å²) in [5.41, 5.74) is 6.10. The lowest BCUT2D eigenvalue weighted by Gasteiger charge is -2.34. The van der Waals surface area contributed by atoms with Gasteiger partial charge in [-0.15, -0.1) is 11.3 Å². The quantitative estimate of drug-likeness (QED) is 0.631. The number of halogens is 1. The molecule has 0 radical (unpaired) electrons. The Morgan fingerprint density at radius 2 is 1.71 bits per heavy atom. The standard InChI is InChI=1S/C24H27FN4OS/c1-16-12-17(2)23(18(3)13-16)27-22(30)14-28-8-10-29(11-9-28)24-26-21(15-31-24)19-4-6-20(25)7-5-19/h4-7,12-13,15H,8-11,14H2,1-3H3,(H,27,30). The number of carbonyl (C=O) groups excluding carboxylic acids is 1. The number of aryl methyl sites for hydroxylation is 3. The Bertz CT molecular complexity index is 1050. The number of amides is 1. The average molecular weight is 439 g/mol. The molecule has 2 aromatic carbocycles. The third-order valence-electron chi connectivity index (χ3n) is 5.58. The Kier molecular flexibility index (Phi) is 6.34. The van der Waals surface area contributed by atoms with Gasteiger partial charge in [0.1, 0.15) is 5.82 Å². The van der Waals surface area contributed by atoms with E-state index in [1.807, 2.05) is 19.2 Å². The van der Waals surface area contributed by atoms with Crippen LogP contribution in [0.15, 0.2) is 41.8 Å². The van der Waals surface area contributed by atoms with Gasteiger partial charge in [-0.05, 0) is 56.2 Å². The van der Waals surface area contributed by atoms with Crippen molar-refractivity contribution in [2.24, 2.45) is 0 Å². The molecule has 1 aromatic heterocycles. The van der Waals surface area contributed by atoms with E-state index in [0.717, 1.165) is 59.4 Å². The van der Waals surface area contributed by atoms with Crippen molar-refractivity contribution < 1.29 is 9.18 Å². The molecule has 1 aliphatic heterocycles. The molecule has 4 rings (SSSR count). The molecule has 7 heteroatoms. The molecule has 1 amide bonds. The number of thiazole rings is 1. The van der Waals surface area contributed by atoms with Gasteiger partial charge < -0.3 is 10.2 Å². The van der Waals surface area contributed by atoms with Crippen LogP contribution < -0.4 is 10.2 Å². The van der Waals surface area contributed by atoms with Gasteiger partial charge in [0, 0.05) is 42.8 Å². The second kappa shape index (κ2) is 9.16. The summed E-state index contributed by atoms with van der Waals surface area (Å²) in [6.07, 6.45) is 0. The van der Waals surface area contributed by atoms with Crippen molar-refractivity contribution in [3.63, 3.8) is 0 Å². The third kappa shape index (κ3) is 5.11. The predicted octanol–water partition coefficient (Wildman–Crippen LogP) is 4.64. The summed E-state index contributed by atoms with van der Waals surface area (Å²) in [5, 5.41) is 6.07. The molecule has 0 atom stereocenters. The van der Waals surface area contributed by atoms with Gasteiger partial charge in [-0.3, -0.25) is 9.69 Å². The maximum absolute atomic E-state index is 13.1. The molecule has 0 bridgehead atoms. The summed E-state index contributed by atoms with van der Waals surface area (Å²) in [6.45, 7) is 9.79. The molecule has 0 spiro atoms. The first kappa shape index (κ1) is 21.5. The molecule has 2 heterocycles. The fourth-order valence-corrected chi connectivity index (χ4v) is 4.91. The number of nitrogens with one attached hydrogen (secondary N) is 1. The lowest BCUT2D eigenvalue weighted by Crippen LogP contribution is -2.48. The molecule has 1 aliphatic rings. The molecule has 3 aromatic rings. The Morgan fingerprint density at radius 1 is 1.06 bits per heavy atom. The third-order valence-corrected chi connectivity index (χ3v) is 6.48. The smallest absolute Gasteiger partial charge is 0.238 e. The molecular weight excluding hydrogens is 411 g/mol. The highest BCUT2D eigenvalue weighted by molar-refractivity contribution is 7.14. The van der Waals surface area contributed by atoms with Crippen molar-refractivity contribution in [3.05, 3.63) is 64.3 Å². The van der Waals surface area contributed by atoms with Crippen LogP contribution in [0, 0.1) is 26.6 Å². The number of hydrogen-bond acceptors (Lipinski definition) is 5. The number of piperazine rings is 1. The second-order valence-corrected chi connectivity index (χ2v) is 8.94. The molecule has 0 aliphatic carbocycles. The van der Waals surface area contributed by atoms with E-state index in [2.05, 4.69) is 34.2 Å². The zero-order valence-corrected chi connectivity index (χ0v) is 18.9. The molecule has 0 saturated carbocycles. The SMILES string of the molecule is Cc1cc(C)c(NC(=O)CN2CCN(c3nc(-c4ccc(F)cc4)cs3)CC2)c(C)c1.